The average Bonchev–Trinajstić information content (AvgIpc) is 2.31. The molecule has 0 radical (unpaired) electrons. The molecule has 1 aromatic rings. The lowest BCUT2D eigenvalue weighted by atomic mass is 10.2. The molecule has 0 heterocycles. The van der Waals surface area contributed by atoms with Crippen molar-refractivity contribution in [3.63, 3.8) is 0 Å². The van der Waals surface area contributed by atoms with E-state index < -0.39 is 0 Å². The van der Waals surface area contributed by atoms with Gasteiger partial charge in [0.1, 0.15) is 5.82 Å². The van der Waals surface area contributed by atoms with E-state index in [1.54, 1.807) is 19.1 Å². The monoisotopic (exact) mass is 252 g/mol. The summed E-state index contributed by atoms with van der Waals surface area (Å²) in [6.07, 6.45) is 2.02. The van der Waals surface area contributed by atoms with Gasteiger partial charge < -0.3 is 10.6 Å². The molecule has 0 fully saturated rings. The van der Waals surface area contributed by atoms with Crippen LogP contribution in [0.5, 0.6) is 0 Å². The molecule has 2 N–H and O–H groups in total. The molecule has 100 valence electrons. The van der Waals surface area contributed by atoms with Gasteiger partial charge in [-0.15, -0.1) is 0 Å². The first kappa shape index (κ1) is 14.5. The second-order valence-electron chi connectivity index (χ2n) is 4.57. The van der Waals surface area contributed by atoms with Gasteiger partial charge in [-0.25, -0.2) is 4.39 Å². The fourth-order valence-electron chi connectivity index (χ4n) is 1.77. The van der Waals surface area contributed by atoms with Crippen molar-refractivity contribution >= 4 is 11.6 Å². The molecule has 1 rings (SSSR count). The van der Waals surface area contributed by atoms with E-state index in [0.717, 1.165) is 18.5 Å². The molecule has 0 aliphatic carbocycles. The van der Waals surface area contributed by atoms with Crippen LogP contribution in [0.15, 0.2) is 18.2 Å². The summed E-state index contributed by atoms with van der Waals surface area (Å²) in [5.74, 6) is -0.278. The van der Waals surface area contributed by atoms with Crippen molar-refractivity contribution in [3.8, 4) is 0 Å². The van der Waals surface area contributed by atoms with Gasteiger partial charge >= 0.3 is 0 Å². The van der Waals surface area contributed by atoms with Crippen molar-refractivity contribution in [2.24, 2.45) is 0 Å². The van der Waals surface area contributed by atoms with Gasteiger partial charge in [0.25, 0.3) is 0 Å². The van der Waals surface area contributed by atoms with Gasteiger partial charge in [0.2, 0.25) is 5.91 Å². The van der Waals surface area contributed by atoms with Crippen molar-refractivity contribution in [3.05, 3.63) is 29.6 Å². The first-order chi connectivity index (χ1) is 8.52. The third kappa shape index (κ3) is 4.73. The van der Waals surface area contributed by atoms with Crippen molar-refractivity contribution in [2.75, 3.05) is 11.9 Å². The number of aryl methyl sites for hydroxylation is 1. The first-order valence-electron chi connectivity index (χ1n) is 6.32. The quantitative estimate of drug-likeness (QED) is 0.817. The van der Waals surface area contributed by atoms with E-state index in [0.29, 0.717) is 5.56 Å². The minimum Gasteiger partial charge on any atom is -0.376 e. The van der Waals surface area contributed by atoms with Crippen molar-refractivity contribution < 1.29 is 9.18 Å². The zero-order valence-electron chi connectivity index (χ0n) is 11.2. The predicted octanol–water partition coefficient (Wildman–Crippen LogP) is 2.85. The molecule has 4 heteroatoms. The lowest BCUT2D eigenvalue weighted by Gasteiger charge is -2.13. The Kier molecular flexibility index (Phi) is 5.62. The molecular formula is C14H21FN2O. The second-order valence-corrected chi connectivity index (χ2v) is 4.57. The van der Waals surface area contributed by atoms with Crippen LogP contribution >= 0.6 is 0 Å². The smallest absolute Gasteiger partial charge is 0.239 e. The van der Waals surface area contributed by atoms with Crippen LogP contribution in [-0.2, 0) is 4.79 Å². The van der Waals surface area contributed by atoms with Crippen LogP contribution < -0.4 is 10.6 Å². The number of halogens is 1. The molecule has 0 bridgehead atoms. The Hall–Kier alpha value is -1.58. The maximum atomic E-state index is 13.0. The fraction of sp³-hybridized carbons (Fsp3) is 0.500. The zero-order valence-corrected chi connectivity index (χ0v) is 11.2. The van der Waals surface area contributed by atoms with Crippen molar-refractivity contribution in [1.82, 2.24) is 5.32 Å². The highest BCUT2D eigenvalue weighted by atomic mass is 19.1. The number of carbonyl (C=O) groups excluding carboxylic acids is 1. The van der Waals surface area contributed by atoms with Gasteiger partial charge in [-0.3, -0.25) is 4.79 Å². The van der Waals surface area contributed by atoms with E-state index in [1.165, 1.54) is 6.07 Å². The van der Waals surface area contributed by atoms with Gasteiger partial charge in [-0.1, -0.05) is 13.3 Å². The van der Waals surface area contributed by atoms with Gasteiger partial charge in [0.05, 0.1) is 6.54 Å². The van der Waals surface area contributed by atoms with Gasteiger partial charge in [-0.05, 0) is 44.0 Å². The SMILES string of the molecule is CCCC(C)NC(=O)CNc1ccc(F)c(C)c1. The standard InChI is InChI=1S/C14H21FN2O/c1-4-5-11(3)17-14(18)9-16-12-6-7-13(15)10(2)8-12/h6-8,11,16H,4-5,9H2,1-3H3,(H,17,18). The highest BCUT2D eigenvalue weighted by Gasteiger charge is 2.06. The van der Waals surface area contributed by atoms with E-state index >= 15 is 0 Å². The molecule has 1 amide bonds. The summed E-state index contributed by atoms with van der Waals surface area (Å²) in [7, 11) is 0. The molecule has 0 aromatic heterocycles. The molecule has 0 aliphatic rings. The number of carbonyl (C=O) groups is 1. The molecule has 0 aliphatic heterocycles. The Labute approximate surface area is 108 Å². The van der Waals surface area contributed by atoms with Crippen LogP contribution in [0.3, 0.4) is 0 Å². The summed E-state index contributed by atoms with van der Waals surface area (Å²) < 4.78 is 13.0. The Morgan fingerprint density at radius 3 is 2.78 bits per heavy atom. The second kappa shape index (κ2) is 6.99. The van der Waals surface area contributed by atoms with Crippen LogP contribution in [0.25, 0.3) is 0 Å². The van der Waals surface area contributed by atoms with Crippen LogP contribution in [0.2, 0.25) is 0 Å². The van der Waals surface area contributed by atoms with Crippen LogP contribution in [0.4, 0.5) is 10.1 Å². The molecule has 3 nitrogen and oxygen atoms in total. The minimum atomic E-state index is -0.235. The van der Waals surface area contributed by atoms with Crippen LogP contribution in [0, 0.1) is 12.7 Å². The van der Waals surface area contributed by atoms with Crippen molar-refractivity contribution in [2.45, 2.75) is 39.7 Å². The van der Waals surface area contributed by atoms with E-state index in [4.69, 9.17) is 0 Å². The van der Waals surface area contributed by atoms with E-state index in [2.05, 4.69) is 17.6 Å². The van der Waals surface area contributed by atoms with E-state index in [9.17, 15) is 9.18 Å². The third-order valence-electron chi connectivity index (χ3n) is 2.74. The highest BCUT2D eigenvalue weighted by molar-refractivity contribution is 5.80. The Balaban J connectivity index is 2.40. The normalized spacial score (nSPS) is 12.0. The number of anilines is 1. The number of nitrogens with one attached hydrogen (secondary N) is 2. The molecule has 18 heavy (non-hydrogen) atoms. The molecule has 1 unspecified atom stereocenters. The summed E-state index contributed by atoms with van der Waals surface area (Å²) in [6.45, 7) is 5.98. The third-order valence-corrected chi connectivity index (χ3v) is 2.74. The van der Waals surface area contributed by atoms with Crippen molar-refractivity contribution in [1.29, 1.82) is 0 Å². The first-order valence-corrected chi connectivity index (χ1v) is 6.32. The Morgan fingerprint density at radius 2 is 2.17 bits per heavy atom. The molecule has 1 aromatic carbocycles. The maximum Gasteiger partial charge on any atom is 0.239 e. The van der Waals surface area contributed by atoms with E-state index in [1.807, 2.05) is 6.92 Å². The number of hydrogen-bond acceptors (Lipinski definition) is 2. The summed E-state index contributed by atoms with van der Waals surface area (Å²) in [4.78, 5) is 11.6. The Bertz CT molecular complexity index is 407. The summed E-state index contributed by atoms with van der Waals surface area (Å²) in [6, 6.07) is 4.91. The van der Waals surface area contributed by atoms with Gasteiger partial charge in [0.15, 0.2) is 0 Å². The lowest BCUT2D eigenvalue weighted by Crippen LogP contribution is -2.36. The predicted molar refractivity (Wildman–Crippen MR) is 72.1 cm³/mol. The van der Waals surface area contributed by atoms with Gasteiger partial charge in [0, 0.05) is 11.7 Å². The summed E-state index contributed by atoms with van der Waals surface area (Å²) in [5, 5.41) is 5.88. The molecule has 1 atom stereocenters. The number of benzene rings is 1. The topological polar surface area (TPSA) is 41.1 Å². The van der Waals surface area contributed by atoms with Crippen LogP contribution in [-0.4, -0.2) is 18.5 Å². The number of hydrogen-bond donors (Lipinski definition) is 2. The fourth-order valence-corrected chi connectivity index (χ4v) is 1.77. The molecule has 0 spiro atoms. The average molecular weight is 252 g/mol. The van der Waals surface area contributed by atoms with Crippen LogP contribution in [0.1, 0.15) is 32.3 Å². The highest BCUT2D eigenvalue weighted by Crippen LogP contribution is 2.13. The molecule has 0 saturated carbocycles. The Morgan fingerprint density at radius 1 is 1.44 bits per heavy atom. The maximum absolute atomic E-state index is 13.0. The number of amides is 1. The summed E-state index contributed by atoms with van der Waals surface area (Å²) >= 11 is 0. The largest absolute Gasteiger partial charge is 0.376 e. The zero-order chi connectivity index (χ0) is 13.5. The minimum absolute atomic E-state index is 0.0436. The lowest BCUT2D eigenvalue weighted by molar-refractivity contribution is -0.120. The van der Waals surface area contributed by atoms with E-state index in [-0.39, 0.29) is 24.3 Å². The molecular weight excluding hydrogens is 231 g/mol. The summed E-state index contributed by atoms with van der Waals surface area (Å²) in [5.41, 5.74) is 1.33. The van der Waals surface area contributed by atoms with Gasteiger partial charge in [-0.2, -0.15) is 0 Å². The molecule has 0 saturated heterocycles. The number of rotatable bonds is 6.